The Bertz CT molecular complexity index is 385. The third-order valence-electron chi connectivity index (χ3n) is 2.90. The molecule has 0 aliphatic carbocycles. The average Bonchev–Trinajstić information content (AvgIpc) is 2.14. The van der Waals surface area contributed by atoms with Crippen LogP contribution in [-0.2, 0) is 5.41 Å². The second kappa shape index (κ2) is 4.81. The quantitative estimate of drug-likeness (QED) is 0.632. The van der Waals surface area contributed by atoms with Crippen molar-refractivity contribution in [3.63, 3.8) is 0 Å². The van der Waals surface area contributed by atoms with Gasteiger partial charge in [0.1, 0.15) is 0 Å². The van der Waals surface area contributed by atoms with E-state index in [4.69, 9.17) is 0 Å². The maximum absolute atomic E-state index is 4.24. The van der Waals surface area contributed by atoms with E-state index in [9.17, 15) is 0 Å². The van der Waals surface area contributed by atoms with E-state index in [1.54, 1.807) is 0 Å². The fourth-order valence-corrected chi connectivity index (χ4v) is 3.43. The first-order valence-corrected chi connectivity index (χ1v) is 10.1. The summed E-state index contributed by atoms with van der Waals surface area (Å²) in [5, 5.41) is 0. The highest BCUT2D eigenvalue weighted by atomic mass is 28.3. The summed E-state index contributed by atoms with van der Waals surface area (Å²) in [4.78, 5) is 0. The Balaban J connectivity index is 2.85. The fraction of sp³-hybridized carbons (Fsp3) is 0.500. The molecule has 0 saturated carbocycles. The Morgan fingerprint density at radius 1 is 1.06 bits per heavy atom. The second-order valence-electron chi connectivity index (χ2n) is 7.17. The molecular weight excluding hydrogens is 220 g/mol. The lowest BCUT2D eigenvalue weighted by atomic mass is 9.86. The van der Waals surface area contributed by atoms with E-state index >= 15 is 0 Å². The van der Waals surface area contributed by atoms with Gasteiger partial charge in [0.2, 0.25) is 0 Å². The smallest absolute Gasteiger partial charge is 0.0487 e. The van der Waals surface area contributed by atoms with Gasteiger partial charge < -0.3 is 0 Å². The summed E-state index contributed by atoms with van der Waals surface area (Å²) in [6.07, 6.45) is 0. The molecule has 0 unspecified atom stereocenters. The fourth-order valence-electron chi connectivity index (χ4n) is 1.95. The van der Waals surface area contributed by atoms with Crippen molar-refractivity contribution in [2.75, 3.05) is 0 Å². The minimum atomic E-state index is -1.05. The molecule has 0 amide bonds. The van der Waals surface area contributed by atoms with E-state index in [2.05, 4.69) is 71.3 Å². The van der Waals surface area contributed by atoms with E-state index in [0.717, 1.165) is 0 Å². The van der Waals surface area contributed by atoms with Crippen LogP contribution in [0.1, 0.15) is 31.9 Å². The van der Waals surface area contributed by atoms with Crippen molar-refractivity contribution in [3.8, 4) is 0 Å². The van der Waals surface area contributed by atoms with Crippen molar-refractivity contribution in [1.82, 2.24) is 0 Å². The Labute approximate surface area is 108 Å². The number of hydrogen-bond acceptors (Lipinski definition) is 0. The topological polar surface area (TPSA) is 0 Å². The molecular formula is C16H26Si. The molecule has 0 fully saturated rings. The molecule has 0 N–H and O–H groups in total. The van der Waals surface area contributed by atoms with E-state index in [1.807, 2.05) is 0 Å². The van der Waals surface area contributed by atoms with Crippen molar-refractivity contribution in [2.45, 2.75) is 51.9 Å². The summed E-state index contributed by atoms with van der Waals surface area (Å²) >= 11 is 0. The molecule has 0 aliphatic rings. The van der Waals surface area contributed by atoms with Crippen LogP contribution in [-0.4, -0.2) is 8.07 Å². The first-order valence-electron chi connectivity index (χ1n) is 6.38. The van der Waals surface area contributed by atoms with E-state index in [1.165, 1.54) is 22.7 Å². The van der Waals surface area contributed by atoms with E-state index in [0.29, 0.717) is 0 Å². The lowest BCUT2D eigenvalue weighted by Gasteiger charge is -2.21. The van der Waals surface area contributed by atoms with Crippen LogP contribution in [0.15, 0.2) is 30.8 Å². The van der Waals surface area contributed by atoms with Gasteiger partial charge in [0, 0.05) is 8.07 Å². The lowest BCUT2D eigenvalue weighted by molar-refractivity contribution is 0.590. The molecule has 1 heteroatoms. The molecule has 0 nitrogen and oxygen atoms in total. The van der Waals surface area contributed by atoms with Gasteiger partial charge in [-0.2, -0.15) is 0 Å². The van der Waals surface area contributed by atoms with Gasteiger partial charge in [-0.3, -0.25) is 0 Å². The highest BCUT2D eigenvalue weighted by Gasteiger charge is 2.16. The minimum absolute atomic E-state index is 0.235. The number of hydrogen-bond donors (Lipinski definition) is 0. The first-order chi connectivity index (χ1) is 7.59. The van der Waals surface area contributed by atoms with Crippen LogP contribution in [0, 0.1) is 0 Å². The monoisotopic (exact) mass is 246 g/mol. The van der Waals surface area contributed by atoms with Gasteiger partial charge in [-0.25, -0.2) is 0 Å². The molecule has 0 radical (unpaired) electrons. The van der Waals surface area contributed by atoms with Crippen LogP contribution in [0.25, 0.3) is 5.57 Å². The van der Waals surface area contributed by atoms with Gasteiger partial charge in [0.05, 0.1) is 0 Å². The molecule has 1 rings (SSSR count). The third kappa shape index (κ3) is 4.51. The molecule has 0 saturated heterocycles. The van der Waals surface area contributed by atoms with Crippen LogP contribution < -0.4 is 0 Å². The molecule has 1 aromatic carbocycles. The van der Waals surface area contributed by atoms with Crippen LogP contribution in [0.2, 0.25) is 25.7 Å². The molecule has 17 heavy (non-hydrogen) atoms. The number of allylic oxidation sites excluding steroid dienone is 1. The molecule has 0 aromatic heterocycles. The largest absolute Gasteiger partial charge is 0.0955 e. The maximum atomic E-state index is 4.24. The molecule has 0 atom stereocenters. The Morgan fingerprint density at radius 2 is 1.53 bits per heavy atom. The van der Waals surface area contributed by atoms with Crippen molar-refractivity contribution in [1.29, 1.82) is 0 Å². The van der Waals surface area contributed by atoms with Gasteiger partial charge in [0.25, 0.3) is 0 Å². The predicted molar refractivity (Wildman–Crippen MR) is 82.3 cm³/mol. The first kappa shape index (κ1) is 14.2. The minimum Gasteiger partial charge on any atom is -0.0955 e. The highest BCUT2D eigenvalue weighted by molar-refractivity contribution is 6.77. The summed E-state index contributed by atoms with van der Waals surface area (Å²) in [7, 11) is -1.05. The van der Waals surface area contributed by atoms with Gasteiger partial charge >= 0.3 is 0 Å². The lowest BCUT2D eigenvalue weighted by Crippen LogP contribution is -2.19. The zero-order valence-electron chi connectivity index (χ0n) is 12.2. The van der Waals surface area contributed by atoms with Gasteiger partial charge in [-0.15, -0.1) is 0 Å². The van der Waals surface area contributed by atoms with Crippen molar-refractivity contribution < 1.29 is 0 Å². The van der Waals surface area contributed by atoms with Crippen LogP contribution >= 0.6 is 0 Å². The average molecular weight is 246 g/mol. The SMILES string of the molecule is C=C(C[Si](C)(C)C)c1ccc(C(C)(C)C)cc1. The maximum Gasteiger partial charge on any atom is 0.0487 e. The van der Waals surface area contributed by atoms with Crippen LogP contribution in [0.5, 0.6) is 0 Å². The Morgan fingerprint density at radius 3 is 1.88 bits per heavy atom. The van der Waals surface area contributed by atoms with Crippen molar-refractivity contribution >= 4 is 13.6 Å². The third-order valence-corrected chi connectivity index (χ3v) is 4.39. The predicted octanol–water partition coefficient (Wildman–Crippen LogP) is 5.34. The van der Waals surface area contributed by atoms with Gasteiger partial charge in [0.15, 0.2) is 0 Å². The Hall–Kier alpha value is -0.823. The Kier molecular flexibility index (Phi) is 4.03. The molecule has 0 aliphatic heterocycles. The zero-order chi connectivity index (χ0) is 13.3. The summed E-state index contributed by atoms with van der Waals surface area (Å²) in [5.41, 5.74) is 4.23. The highest BCUT2D eigenvalue weighted by Crippen LogP contribution is 2.27. The summed E-state index contributed by atoms with van der Waals surface area (Å²) in [5.74, 6) is 0. The van der Waals surface area contributed by atoms with Crippen LogP contribution in [0.3, 0.4) is 0 Å². The normalized spacial score (nSPS) is 12.6. The number of rotatable bonds is 3. The van der Waals surface area contributed by atoms with E-state index in [-0.39, 0.29) is 5.41 Å². The molecule has 0 bridgehead atoms. The molecule has 1 aromatic rings. The van der Waals surface area contributed by atoms with Gasteiger partial charge in [-0.1, -0.05) is 76.8 Å². The molecule has 0 heterocycles. The van der Waals surface area contributed by atoms with Crippen molar-refractivity contribution in [2.24, 2.45) is 0 Å². The van der Waals surface area contributed by atoms with Crippen LogP contribution in [0.4, 0.5) is 0 Å². The number of benzene rings is 1. The van der Waals surface area contributed by atoms with E-state index < -0.39 is 8.07 Å². The van der Waals surface area contributed by atoms with Gasteiger partial charge in [-0.05, 0) is 22.6 Å². The molecule has 94 valence electrons. The zero-order valence-corrected chi connectivity index (χ0v) is 13.2. The second-order valence-corrected chi connectivity index (χ2v) is 12.6. The summed E-state index contributed by atoms with van der Waals surface area (Å²) in [6, 6.07) is 10.1. The summed E-state index contributed by atoms with van der Waals surface area (Å²) < 4.78 is 0. The summed E-state index contributed by atoms with van der Waals surface area (Å²) in [6.45, 7) is 18.2. The molecule has 0 spiro atoms. The van der Waals surface area contributed by atoms with Crippen molar-refractivity contribution in [3.05, 3.63) is 42.0 Å². The standard InChI is InChI=1S/C16H26Si/c1-13(12-17(5,6)7)14-8-10-15(11-9-14)16(2,3)4/h8-11H,1,12H2,2-7H3.